The molecule has 0 radical (unpaired) electrons. The molecule has 0 aliphatic rings. The molecule has 244 valence electrons. The minimum atomic E-state index is -0.201. The standard InChI is InChI=1S/C38H39NO7S/c1-41-32-20-14-26(13-19-31(40)28-24-34(42-2)37(44-4)35(25-28)43-3)23-33(32)46-22-10-6-5-9-21-45-29-17-15-27(16-18-29)38-39-30-11-7-8-12-36(30)47-38/h7-8,11-20,23-25H,5-6,9-10,21-22H2,1-4H3. The Bertz CT molecular complexity index is 1760. The minimum absolute atomic E-state index is 0.201. The molecule has 4 aromatic carbocycles. The molecule has 0 amide bonds. The molecular formula is C38H39NO7S. The first kappa shape index (κ1) is 33.3. The quantitative estimate of drug-likeness (QED) is 0.0559. The number of nitrogens with zero attached hydrogens (tertiary/aromatic N) is 1. The Morgan fingerprint density at radius 2 is 1.38 bits per heavy atom. The average molecular weight is 654 g/mol. The van der Waals surface area contributed by atoms with Crippen LogP contribution in [0.2, 0.25) is 0 Å². The van der Waals surface area contributed by atoms with E-state index in [4.69, 9.17) is 33.4 Å². The topological polar surface area (TPSA) is 85.3 Å². The predicted octanol–water partition coefficient (Wildman–Crippen LogP) is 8.91. The molecule has 1 heterocycles. The number of aromatic nitrogens is 1. The minimum Gasteiger partial charge on any atom is -0.494 e. The van der Waals surface area contributed by atoms with Gasteiger partial charge in [0.05, 0.1) is 51.9 Å². The lowest BCUT2D eigenvalue weighted by Crippen LogP contribution is -2.01. The number of methoxy groups -OCH3 is 4. The van der Waals surface area contributed by atoms with E-state index in [1.54, 1.807) is 36.7 Å². The van der Waals surface area contributed by atoms with Gasteiger partial charge in [0, 0.05) is 11.1 Å². The Balaban J connectivity index is 1.05. The van der Waals surface area contributed by atoms with Gasteiger partial charge in [-0.05, 0) is 98.0 Å². The van der Waals surface area contributed by atoms with E-state index in [0.29, 0.717) is 47.5 Å². The number of ketones is 1. The first-order valence-electron chi connectivity index (χ1n) is 15.4. The third-order valence-corrected chi connectivity index (χ3v) is 8.61. The van der Waals surface area contributed by atoms with Gasteiger partial charge in [-0.25, -0.2) is 4.98 Å². The van der Waals surface area contributed by atoms with Gasteiger partial charge in [-0.1, -0.05) is 24.3 Å². The van der Waals surface area contributed by atoms with Crippen LogP contribution in [-0.2, 0) is 0 Å². The maximum absolute atomic E-state index is 13.0. The number of thiazole rings is 1. The molecule has 0 spiro atoms. The van der Waals surface area contributed by atoms with Crippen LogP contribution < -0.4 is 28.4 Å². The van der Waals surface area contributed by atoms with E-state index < -0.39 is 0 Å². The highest BCUT2D eigenvalue weighted by Gasteiger charge is 2.16. The summed E-state index contributed by atoms with van der Waals surface area (Å²) in [6.07, 6.45) is 7.17. The Morgan fingerprint density at radius 3 is 2.04 bits per heavy atom. The number of carbonyl (C=O) groups excluding carboxylic acids is 1. The van der Waals surface area contributed by atoms with Crippen LogP contribution in [0.1, 0.15) is 41.6 Å². The molecule has 0 saturated heterocycles. The second-order valence-electron chi connectivity index (χ2n) is 10.6. The number of carbonyl (C=O) groups is 1. The third-order valence-electron chi connectivity index (χ3n) is 7.52. The lowest BCUT2D eigenvalue weighted by molar-refractivity contribution is 0.104. The van der Waals surface area contributed by atoms with Gasteiger partial charge in [-0.3, -0.25) is 4.79 Å². The number of allylic oxidation sites excluding steroid dienone is 1. The van der Waals surface area contributed by atoms with E-state index in [1.165, 1.54) is 32.1 Å². The number of fused-ring (bicyclic) bond motifs is 1. The largest absolute Gasteiger partial charge is 0.494 e. The Labute approximate surface area is 279 Å². The number of para-hydroxylation sites is 1. The van der Waals surface area contributed by atoms with Crippen LogP contribution in [0.25, 0.3) is 26.9 Å². The summed E-state index contributed by atoms with van der Waals surface area (Å²) >= 11 is 1.70. The zero-order chi connectivity index (χ0) is 33.0. The molecule has 0 saturated carbocycles. The van der Waals surface area contributed by atoms with Crippen molar-refractivity contribution in [1.82, 2.24) is 4.98 Å². The first-order chi connectivity index (χ1) is 23.0. The van der Waals surface area contributed by atoms with E-state index in [2.05, 4.69) is 18.2 Å². The highest BCUT2D eigenvalue weighted by Crippen LogP contribution is 2.38. The van der Waals surface area contributed by atoms with Gasteiger partial charge in [0.25, 0.3) is 0 Å². The fourth-order valence-electron chi connectivity index (χ4n) is 5.02. The lowest BCUT2D eigenvalue weighted by Gasteiger charge is -2.13. The summed E-state index contributed by atoms with van der Waals surface area (Å²) in [4.78, 5) is 17.7. The summed E-state index contributed by atoms with van der Waals surface area (Å²) in [5.74, 6) is 3.21. The third kappa shape index (κ3) is 8.62. The Kier molecular flexibility index (Phi) is 11.7. The number of unbranched alkanes of at least 4 members (excludes halogenated alkanes) is 3. The van der Waals surface area contributed by atoms with E-state index >= 15 is 0 Å². The SMILES string of the molecule is COc1ccc(C=CC(=O)c2cc(OC)c(OC)c(OC)c2)cc1OCCCCCCOc1ccc(-c2nc3ccccc3s2)cc1. The van der Waals surface area contributed by atoms with Gasteiger partial charge in [-0.2, -0.15) is 0 Å². The van der Waals surface area contributed by atoms with Gasteiger partial charge >= 0.3 is 0 Å². The molecule has 8 nitrogen and oxygen atoms in total. The fraction of sp³-hybridized carbons (Fsp3) is 0.263. The molecule has 0 fully saturated rings. The van der Waals surface area contributed by atoms with Crippen molar-refractivity contribution in [3.8, 4) is 45.1 Å². The fourth-order valence-corrected chi connectivity index (χ4v) is 5.99. The molecule has 0 aliphatic carbocycles. The Hall–Kier alpha value is -5.02. The van der Waals surface area contributed by atoms with E-state index in [0.717, 1.165) is 53.1 Å². The van der Waals surface area contributed by atoms with Gasteiger partial charge in [0.1, 0.15) is 10.8 Å². The van der Waals surface area contributed by atoms with Crippen LogP contribution in [0, 0.1) is 0 Å². The van der Waals surface area contributed by atoms with Crippen molar-refractivity contribution in [3.63, 3.8) is 0 Å². The molecule has 1 aromatic heterocycles. The van der Waals surface area contributed by atoms with Crippen molar-refractivity contribution >= 4 is 33.4 Å². The van der Waals surface area contributed by atoms with Crippen molar-refractivity contribution in [2.24, 2.45) is 0 Å². The molecule has 9 heteroatoms. The van der Waals surface area contributed by atoms with Gasteiger partial charge in [-0.15, -0.1) is 11.3 Å². The zero-order valence-electron chi connectivity index (χ0n) is 27.1. The molecule has 47 heavy (non-hydrogen) atoms. The summed E-state index contributed by atoms with van der Waals surface area (Å²) in [7, 11) is 6.16. The van der Waals surface area contributed by atoms with Crippen molar-refractivity contribution < 1.29 is 33.2 Å². The smallest absolute Gasteiger partial charge is 0.203 e. The van der Waals surface area contributed by atoms with Gasteiger partial charge in [0.2, 0.25) is 5.75 Å². The first-order valence-corrected chi connectivity index (χ1v) is 16.3. The maximum Gasteiger partial charge on any atom is 0.203 e. The molecule has 5 rings (SSSR count). The number of ether oxygens (including phenoxy) is 6. The van der Waals surface area contributed by atoms with Gasteiger partial charge < -0.3 is 28.4 Å². The van der Waals surface area contributed by atoms with Crippen molar-refractivity contribution in [2.75, 3.05) is 41.7 Å². The summed E-state index contributed by atoms with van der Waals surface area (Å²) < 4.78 is 34.8. The molecule has 0 aliphatic heterocycles. The molecular weight excluding hydrogens is 614 g/mol. The average Bonchev–Trinajstić information content (AvgIpc) is 3.56. The predicted molar refractivity (Wildman–Crippen MR) is 187 cm³/mol. The molecule has 0 atom stereocenters. The normalized spacial score (nSPS) is 11.1. The van der Waals surface area contributed by atoms with E-state index in [-0.39, 0.29) is 5.78 Å². The summed E-state index contributed by atoms with van der Waals surface area (Å²) in [5, 5.41) is 1.02. The van der Waals surface area contributed by atoms with Gasteiger partial charge in [0.15, 0.2) is 28.8 Å². The van der Waals surface area contributed by atoms with Crippen LogP contribution in [0.4, 0.5) is 0 Å². The number of hydrogen-bond donors (Lipinski definition) is 0. The van der Waals surface area contributed by atoms with Crippen LogP contribution in [0.5, 0.6) is 34.5 Å². The molecule has 0 bridgehead atoms. The van der Waals surface area contributed by atoms with Crippen molar-refractivity contribution in [3.05, 3.63) is 96.1 Å². The lowest BCUT2D eigenvalue weighted by atomic mass is 10.1. The van der Waals surface area contributed by atoms with Crippen LogP contribution in [0.15, 0.2) is 84.9 Å². The van der Waals surface area contributed by atoms with Crippen LogP contribution in [-0.4, -0.2) is 52.4 Å². The van der Waals surface area contributed by atoms with Crippen LogP contribution >= 0.6 is 11.3 Å². The second kappa shape index (κ2) is 16.5. The van der Waals surface area contributed by atoms with E-state index in [1.807, 2.05) is 48.5 Å². The summed E-state index contributed by atoms with van der Waals surface area (Å²) in [6.45, 7) is 1.22. The Morgan fingerprint density at radius 1 is 0.702 bits per heavy atom. The number of hydrogen-bond acceptors (Lipinski definition) is 9. The number of rotatable bonds is 17. The van der Waals surface area contributed by atoms with Crippen molar-refractivity contribution in [1.29, 1.82) is 0 Å². The summed E-state index contributed by atoms with van der Waals surface area (Å²) in [5.41, 5.74) is 3.36. The molecule has 0 N–H and O–H groups in total. The van der Waals surface area contributed by atoms with E-state index in [9.17, 15) is 4.79 Å². The number of benzene rings is 4. The zero-order valence-corrected chi connectivity index (χ0v) is 27.9. The second-order valence-corrected chi connectivity index (χ2v) is 11.7. The monoisotopic (exact) mass is 653 g/mol. The molecule has 5 aromatic rings. The highest BCUT2D eigenvalue weighted by molar-refractivity contribution is 7.21. The van der Waals surface area contributed by atoms with Crippen molar-refractivity contribution in [2.45, 2.75) is 25.7 Å². The maximum atomic E-state index is 13.0. The molecule has 0 unspecified atom stereocenters. The highest BCUT2D eigenvalue weighted by atomic mass is 32.1. The summed E-state index contributed by atoms with van der Waals surface area (Å²) in [6, 6.07) is 25.2. The van der Waals surface area contributed by atoms with Crippen LogP contribution in [0.3, 0.4) is 0 Å².